The van der Waals surface area contributed by atoms with Crippen LogP contribution in [0.25, 0.3) is 5.69 Å². The van der Waals surface area contributed by atoms with Crippen molar-refractivity contribution in [1.82, 2.24) is 20.7 Å². The van der Waals surface area contributed by atoms with Crippen molar-refractivity contribution in [3.63, 3.8) is 0 Å². The monoisotopic (exact) mass is 436 g/mol. The standard InChI is InChI=1S/C24H25FN4O3/c1-14-5-6-18(11-15(14)2)23(31)26-13-22(30)27-28-24(32)21-12-16(3)29(17(21)4)20-9-7-19(25)8-10-20/h5-12H,13H2,1-4H3,(H,26,31)(H,27,30)(H,28,32). The molecule has 1 heterocycles. The Kier molecular flexibility index (Phi) is 6.73. The third kappa shape index (κ3) is 5.03. The highest BCUT2D eigenvalue weighted by Gasteiger charge is 2.17. The molecule has 2 aromatic carbocycles. The lowest BCUT2D eigenvalue weighted by atomic mass is 10.1. The van der Waals surface area contributed by atoms with Crippen LogP contribution in [0.5, 0.6) is 0 Å². The van der Waals surface area contributed by atoms with Gasteiger partial charge in [-0.2, -0.15) is 0 Å². The molecular weight excluding hydrogens is 411 g/mol. The van der Waals surface area contributed by atoms with Crippen LogP contribution in [0.3, 0.4) is 0 Å². The average Bonchev–Trinajstić information content (AvgIpc) is 3.07. The molecule has 3 rings (SSSR count). The Morgan fingerprint density at radius 2 is 1.53 bits per heavy atom. The van der Waals surface area contributed by atoms with Crippen LogP contribution in [-0.4, -0.2) is 28.8 Å². The summed E-state index contributed by atoms with van der Waals surface area (Å²) < 4.78 is 15.0. The van der Waals surface area contributed by atoms with E-state index in [-0.39, 0.29) is 18.3 Å². The van der Waals surface area contributed by atoms with Crippen LogP contribution >= 0.6 is 0 Å². The Labute approximate surface area is 185 Å². The Hall–Kier alpha value is -3.94. The molecule has 7 nitrogen and oxygen atoms in total. The molecule has 0 radical (unpaired) electrons. The highest BCUT2D eigenvalue weighted by atomic mass is 19.1. The zero-order valence-electron chi connectivity index (χ0n) is 18.4. The van der Waals surface area contributed by atoms with E-state index in [0.717, 1.165) is 22.5 Å². The Bertz CT molecular complexity index is 1180. The molecule has 8 heteroatoms. The molecule has 0 aliphatic rings. The fraction of sp³-hybridized carbons (Fsp3) is 0.208. The molecule has 0 saturated carbocycles. The van der Waals surface area contributed by atoms with Gasteiger partial charge >= 0.3 is 0 Å². The number of aryl methyl sites for hydroxylation is 3. The number of hydrogen-bond donors (Lipinski definition) is 3. The maximum Gasteiger partial charge on any atom is 0.271 e. The third-order valence-corrected chi connectivity index (χ3v) is 5.25. The maximum atomic E-state index is 13.2. The van der Waals surface area contributed by atoms with Crippen molar-refractivity contribution >= 4 is 17.7 Å². The third-order valence-electron chi connectivity index (χ3n) is 5.25. The van der Waals surface area contributed by atoms with Crippen LogP contribution in [0, 0.1) is 33.5 Å². The molecule has 0 atom stereocenters. The van der Waals surface area contributed by atoms with E-state index < -0.39 is 11.8 Å². The number of nitrogens with one attached hydrogen (secondary N) is 3. The van der Waals surface area contributed by atoms with Crippen molar-refractivity contribution in [3.05, 3.63) is 88.0 Å². The van der Waals surface area contributed by atoms with Gasteiger partial charge in [0.2, 0.25) is 0 Å². The number of rotatable bonds is 5. The van der Waals surface area contributed by atoms with Crippen molar-refractivity contribution in [2.75, 3.05) is 6.54 Å². The second kappa shape index (κ2) is 9.47. The summed E-state index contributed by atoms with van der Waals surface area (Å²) in [5.74, 6) is -1.79. The van der Waals surface area contributed by atoms with Gasteiger partial charge in [-0.05, 0) is 81.3 Å². The van der Waals surface area contributed by atoms with E-state index >= 15 is 0 Å². The first-order chi connectivity index (χ1) is 15.2. The molecule has 32 heavy (non-hydrogen) atoms. The van der Waals surface area contributed by atoms with E-state index in [1.54, 1.807) is 37.3 Å². The summed E-state index contributed by atoms with van der Waals surface area (Å²) in [5, 5.41) is 2.52. The smallest absolute Gasteiger partial charge is 0.271 e. The molecule has 1 aromatic heterocycles. The highest BCUT2D eigenvalue weighted by molar-refractivity contribution is 5.98. The van der Waals surface area contributed by atoms with Crippen molar-refractivity contribution in [3.8, 4) is 5.69 Å². The van der Waals surface area contributed by atoms with Gasteiger partial charge in [0.15, 0.2) is 0 Å². The fourth-order valence-corrected chi connectivity index (χ4v) is 3.36. The van der Waals surface area contributed by atoms with Crippen molar-refractivity contribution in [2.45, 2.75) is 27.7 Å². The first kappa shape index (κ1) is 22.7. The van der Waals surface area contributed by atoms with E-state index in [4.69, 9.17) is 0 Å². The molecule has 0 saturated heterocycles. The normalized spacial score (nSPS) is 10.5. The number of nitrogens with zero attached hydrogens (tertiary/aromatic N) is 1. The SMILES string of the molecule is Cc1ccc(C(=O)NCC(=O)NNC(=O)c2cc(C)n(-c3ccc(F)cc3)c2C)cc1C. The van der Waals surface area contributed by atoms with Gasteiger partial charge in [0.05, 0.1) is 12.1 Å². The highest BCUT2D eigenvalue weighted by Crippen LogP contribution is 2.21. The van der Waals surface area contributed by atoms with E-state index in [0.29, 0.717) is 16.8 Å². The van der Waals surface area contributed by atoms with Crippen LogP contribution in [0.1, 0.15) is 43.2 Å². The minimum absolute atomic E-state index is 0.291. The fourth-order valence-electron chi connectivity index (χ4n) is 3.36. The molecule has 0 aliphatic carbocycles. The number of amides is 3. The van der Waals surface area contributed by atoms with Gasteiger partial charge in [-0.3, -0.25) is 25.2 Å². The number of hydrogen-bond acceptors (Lipinski definition) is 3. The summed E-state index contributed by atoms with van der Waals surface area (Å²) in [4.78, 5) is 36.8. The zero-order chi connectivity index (χ0) is 23.4. The van der Waals surface area contributed by atoms with E-state index in [1.807, 2.05) is 31.4 Å². The van der Waals surface area contributed by atoms with Gasteiger partial charge in [-0.1, -0.05) is 6.07 Å². The number of aromatic nitrogens is 1. The van der Waals surface area contributed by atoms with Gasteiger partial charge in [0.25, 0.3) is 17.7 Å². The summed E-state index contributed by atoms with van der Waals surface area (Å²) in [7, 11) is 0. The second-order valence-electron chi connectivity index (χ2n) is 7.58. The van der Waals surface area contributed by atoms with Gasteiger partial charge in [-0.15, -0.1) is 0 Å². The summed E-state index contributed by atoms with van der Waals surface area (Å²) >= 11 is 0. The Morgan fingerprint density at radius 3 is 2.19 bits per heavy atom. The molecule has 166 valence electrons. The molecule has 0 fully saturated rings. The van der Waals surface area contributed by atoms with Crippen molar-refractivity contribution in [1.29, 1.82) is 0 Å². The minimum atomic E-state index is -0.567. The average molecular weight is 436 g/mol. The number of carbonyl (C=O) groups excluding carboxylic acids is 3. The first-order valence-electron chi connectivity index (χ1n) is 10.1. The topological polar surface area (TPSA) is 92.2 Å². The lowest BCUT2D eigenvalue weighted by molar-refractivity contribution is -0.120. The summed E-state index contributed by atoms with van der Waals surface area (Å²) in [6.45, 7) is 7.15. The number of hydrazine groups is 1. The molecule has 3 aromatic rings. The number of carbonyl (C=O) groups is 3. The van der Waals surface area contributed by atoms with Crippen LogP contribution in [-0.2, 0) is 4.79 Å². The summed E-state index contributed by atoms with van der Waals surface area (Å²) in [6, 6.07) is 12.9. The summed E-state index contributed by atoms with van der Waals surface area (Å²) in [6.07, 6.45) is 0. The van der Waals surface area contributed by atoms with Crippen LogP contribution in [0.4, 0.5) is 4.39 Å². The Balaban J connectivity index is 1.58. The lowest BCUT2D eigenvalue weighted by Gasteiger charge is -2.11. The largest absolute Gasteiger partial charge is 0.343 e. The first-order valence-corrected chi connectivity index (χ1v) is 10.1. The minimum Gasteiger partial charge on any atom is -0.343 e. The van der Waals surface area contributed by atoms with Crippen LogP contribution in [0.2, 0.25) is 0 Å². The molecule has 0 bridgehead atoms. The predicted molar refractivity (Wildman–Crippen MR) is 119 cm³/mol. The van der Waals surface area contributed by atoms with Gasteiger partial charge in [-0.25, -0.2) is 4.39 Å². The van der Waals surface area contributed by atoms with E-state index in [9.17, 15) is 18.8 Å². The van der Waals surface area contributed by atoms with Gasteiger partial charge in [0.1, 0.15) is 5.82 Å². The molecule has 0 unspecified atom stereocenters. The van der Waals surface area contributed by atoms with Crippen molar-refractivity contribution in [2.24, 2.45) is 0 Å². The lowest BCUT2D eigenvalue weighted by Crippen LogP contribution is -2.46. The zero-order valence-corrected chi connectivity index (χ0v) is 18.4. The van der Waals surface area contributed by atoms with Gasteiger partial charge in [0, 0.05) is 22.6 Å². The molecule has 3 N–H and O–H groups in total. The number of halogens is 1. The molecular formula is C24H25FN4O3. The second-order valence-corrected chi connectivity index (χ2v) is 7.58. The summed E-state index contributed by atoms with van der Waals surface area (Å²) in [5.41, 5.74) is 9.68. The predicted octanol–water partition coefficient (Wildman–Crippen LogP) is 3.04. The van der Waals surface area contributed by atoms with Gasteiger partial charge < -0.3 is 9.88 Å². The van der Waals surface area contributed by atoms with E-state index in [2.05, 4.69) is 16.2 Å². The number of benzene rings is 2. The van der Waals surface area contributed by atoms with Crippen LogP contribution in [0.15, 0.2) is 48.5 Å². The Morgan fingerprint density at radius 1 is 0.844 bits per heavy atom. The van der Waals surface area contributed by atoms with E-state index in [1.165, 1.54) is 12.1 Å². The molecule has 3 amide bonds. The maximum absolute atomic E-state index is 13.2. The van der Waals surface area contributed by atoms with Crippen molar-refractivity contribution < 1.29 is 18.8 Å². The molecule has 0 aliphatic heterocycles. The molecule has 0 spiro atoms. The van der Waals surface area contributed by atoms with Crippen LogP contribution < -0.4 is 16.2 Å². The quantitative estimate of drug-likeness (QED) is 0.537.